The zero-order valence-corrected chi connectivity index (χ0v) is 17.5. The largest absolute Gasteiger partial charge is 0.481 e. The second kappa shape index (κ2) is 9.41. The topological polar surface area (TPSA) is 97.4 Å². The summed E-state index contributed by atoms with van der Waals surface area (Å²) in [5.41, 5.74) is 1.86. The first-order valence-electron chi connectivity index (χ1n) is 9.47. The molecule has 3 aromatic rings. The Kier molecular flexibility index (Phi) is 6.68. The van der Waals surface area contributed by atoms with E-state index >= 15 is 0 Å². The number of anilines is 2. The predicted molar refractivity (Wildman–Crippen MR) is 116 cm³/mol. The summed E-state index contributed by atoms with van der Waals surface area (Å²) in [6.07, 6.45) is 3.06. The zero-order valence-electron chi connectivity index (χ0n) is 16.7. The van der Waals surface area contributed by atoms with Gasteiger partial charge in [0.15, 0.2) is 6.10 Å². The molecule has 0 aliphatic carbocycles. The van der Waals surface area contributed by atoms with Crippen LogP contribution < -0.4 is 14.8 Å². The van der Waals surface area contributed by atoms with Crippen LogP contribution >= 0.6 is 0 Å². The maximum absolute atomic E-state index is 12.5. The number of carbonyl (C=O) groups is 1. The van der Waals surface area contributed by atoms with E-state index in [1.165, 1.54) is 30.5 Å². The Balaban J connectivity index is 1.64. The summed E-state index contributed by atoms with van der Waals surface area (Å²) >= 11 is 0. The first-order chi connectivity index (χ1) is 14.4. The highest BCUT2D eigenvalue weighted by atomic mass is 32.2. The number of ether oxygens (including phenoxy) is 1. The van der Waals surface area contributed by atoms with Crippen molar-refractivity contribution in [1.82, 2.24) is 4.98 Å². The lowest BCUT2D eigenvalue weighted by molar-refractivity contribution is -0.122. The van der Waals surface area contributed by atoms with Crippen LogP contribution in [0, 0.1) is 0 Å². The van der Waals surface area contributed by atoms with Gasteiger partial charge < -0.3 is 10.1 Å². The van der Waals surface area contributed by atoms with Gasteiger partial charge in [-0.15, -0.1) is 0 Å². The van der Waals surface area contributed by atoms with Gasteiger partial charge >= 0.3 is 0 Å². The molecule has 8 heteroatoms. The highest BCUT2D eigenvalue weighted by Crippen LogP contribution is 2.21. The second-order valence-corrected chi connectivity index (χ2v) is 8.26. The summed E-state index contributed by atoms with van der Waals surface area (Å²) < 4.78 is 33.2. The molecule has 0 radical (unpaired) electrons. The third-order valence-corrected chi connectivity index (χ3v) is 5.77. The molecule has 3 rings (SSSR count). The maximum atomic E-state index is 12.5. The molecule has 0 saturated heterocycles. The number of amides is 1. The molecule has 0 bridgehead atoms. The normalized spacial score (nSPS) is 12.1. The molecule has 0 unspecified atom stereocenters. The fraction of sp³-hybridized carbons (Fsp3) is 0.182. The van der Waals surface area contributed by atoms with Crippen LogP contribution in [0.4, 0.5) is 11.4 Å². The Bertz CT molecular complexity index is 1100. The van der Waals surface area contributed by atoms with E-state index in [0.717, 1.165) is 12.0 Å². The van der Waals surface area contributed by atoms with Crippen molar-refractivity contribution in [2.45, 2.75) is 31.3 Å². The van der Waals surface area contributed by atoms with Crippen molar-refractivity contribution in [1.29, 1.82) is 0 Å². The number of rotatable bonds is 8. The molecule has 1 aromatic heterocycles. The minimum Gasteiger partial charge on any atom is -0.481 e. The zero-order chi connectivity index (χ0) is 21.6. The monoisotopic (exact) mass is 425 g/mol. The number of carbonyl (C=O) groups excluding carboxylic acids is 1. The van der Waals surface area contributed by atoms with Gasteiger partial charge in [0, 0.05) is 11.9 Å². The third-order valence-electron chi connectivity index (χ3n) is 4.37. The van der Waals surface area contributed by atoms with Gasteiger partial charge in [-0.25, -0.2) is 8.42 Å². The molecule has 0 fully saturated rings. The molecular formula is C22H23N3O4S. The number of para-hydroxylation sites is 1. The van der Waals surface area contributed by atoms with E-state index in [4.69, 9.17) is 4.74 Å². The molecule has 2 N–H and O–H groups in total. The van der Waals surface area contributed by atoms with E-state index in [1.54, 1.807) is 25.3 Å². The van der Waals surface area contributed by atoms with E-state index in [-0.39, 0.29) is 10.8 Å². The van der Waals surface area contributed by atoms with Crippen molar-refractivity contribution in [3.8, 4) is 5.75 Å². The quantitative estimate of drug-likeness (QED) is 0.571. The fourth-order valence-corrected chi connectivity index (χ4v) is 3.80. The SMILES string of the molecule is CCc1ccccc1O[C@H](C)C(=O)Nc1ccc(S(=O)(=O)Nc2cccnc2)cc1. The number of pyridine rings is 1. The van der Waals surface area contributed by atoms with Crippen LogP contribution in [-0.4, -0.2) is 25.4 Å². The van der Waals surface area contributed by atoms with Crippen molar-refractivity contribution >= 4 is 27.3 Å². The minimum absolute atomic E-state index is 0.0746. The summed E-state index contributed by atoms with van der Waals surface area (Å²) in [5, 5.41) is 2.74. The second-order valence-electron chi connectivity index (χ2n) is 6.58. The van der Waals surface area contributed by atoms with Gasteiger partial charge in [0.25, 0.3) is 15.9 Å². The van der Waals surface area contributed by atoms with Crippen LogP contribution in [0.1, 0.15) is 19.4 Å². The molecule has 0 aliphatic heterocycles. The average Bonchev–Trinajstić information content (AvgIpc) is 2.75. The van der Waals surface area contributed by atoms with Gasteiger partial charge in [0.1, 0.15) is 5.75 Å². The summed E-state index contributed by atoms with van der Waals surface area (Å²) in [5.74, 6) is 0.343. The Labute approximate surface area is 176 Å². The number of benzene rings is 2. The molecule has 156 valence electrons. The number of hydrogen-bond acceptors (Lipinski definition) is 5. The van der Waals surface area contributed by atoms with Crippen LogP contribution in [0.15, 0.2) is 78.0 Å². The van der Waals surface area contributed by atoms with Crippen molar-refractivity contribution in [3.63, 3.8) is 0 Å². The molecule has 1 atom stereocenters. The number of aromatic nitrogens is 1. The molecular weight excluding hydrogens is 402 g/mol. The van der Waals surface area contributed by atoms with Crippen molar-refractivity contribution in [2.24, 2.45) is 0 Å². The van der Waals surface area contributed by atoms with Gasteiger partial charge in [-0.1, -0.05) is 25.1 Å². The van der Waals surface area contributed by atoms with Crippen LogP contribution in [0.25, 0.3) is 0 Å². The Morgan fingerprint density at radius 3 is 2.43 bits per heavy atom. The fourth-order valence-electron chi connectivity index (χ4n) is 2.75. The van der Waals surface area contributed by atoms with Crippen molar-refractivity contribution in [2.75, 3.05) is 10.0 Å². The van der Waals surface area contributed by atoms with Gasteiger partial charge in [0.05, 0.1) is 16.8 Å². The van der Waals surface area contributed by atoms with Crippen LogP contribution in [0.2, 0.25) is 0 Å². The predicted octanol–water partition coefficient (Wildman–Crippen LogP) is 3.85. The third kappa shape index (κ3) is 5.36. The molecule has 1 heterocycles. The standard InChI is InChI=1S/C22H23N3O4S/c1-3-17-7-4-5-9-21(17)29-16(2)22(26)24-18-10-12-20(13-11-18)30(27,28)25-19-8-6-14-23-15-19/h4-16,25H,3H2,1-2H3,(H,24,26)/t16-/m1/s1. The Hall–Kier alpha value is -3.39. The molecule has 0 saturated carbocycles. The maximum Gasteiger partial charge on any atom is 0.265 e. The summed E-state index contributed by atoms with van der Waals surface area (Å²) in [4.78, 5) is 16.4. The number of hydrogen-bond donors (Lipinski definition) is 2. The molecule has 30 heavy (non-hydrogen) atoms. The lowest BCUT2D eigenvalue weighted by atomic mass is 10.1. The lowest BCUT2D eigenvalue weighted by Gasteiger charge is -2.17. The van der Waals surface area contributed by atoms with E-state index in [2.05, 4.69) is 15.0 Å². The van der Waals surface area contributed by atoms with Gasteiger partial charge in [-0.05, 0) is 61.4 Å². The Morgan fingerprint density at radius 1 is 1.03 bits per heavy atom. The van der Waals surface area contributed by atoms with Gasteiger partial charge in [-0.3, -0.25) is 14.5 Å². The average molecular weight is 426 g/mol. The van der Waals surface area contributed by atoms with E-state index < -0.39 is 16.1 Å². The van der Waals surface area contributed by atoms with Crippen LogP contribution in [0.5, 0.6) is 5.75 Å². The smallest absolute Gasteiger partial charge is 0.265 e. The molecule has 0 aliphatic rings. The Morgan fingerprint density at radius 2 is 1.77 bits per heavy atom. The first-order valence-corrected chi connectivity index (χ1v) is 11.0. The first kappa shape index (κ1) is 21.3. The lowest BCUT2D eigenvalue weighted by Crippen LogP contribution is -2.30. The highest BCUT2D eigenvalue weighted by Gasteiger charge is 2.18. The van der Waals surface area contributed by atoms with Crippen LogP contribution in [-0.2, 0) is 21.2 Å². The number of nitrogens with one attached hydrogen (secondary N) is 2. The minimum atomic E-state index is -3.75. The van der Waals surface area contributed by atoms with E-state index in [9.17, 15) is 13.2 Å². The number of aryl methyl sites for hydroxylation is 1. The molecule has 1 amide bonds. The summed E-state index contributed by atoms with van der Waals surface area (Å²) in [6, 6.07) is 16.7. The summed E-state index contributed by atoms with van der Waals surface area (Å²) in [7, 11) is -3.75. The van der Waals surface area contributed by atoms with Crippen molar-refractivity contribution < 1.29 is 17.9 Å². The van der Waals surface area contributed by atoms with E-state index in [0.29, 0.717) is 17.1 Å². The van der Waals surface area contributed by atoms with Crippen LogP contribution in [0.3, 0.4) is 0 Å². The van der Waals surface area contributed by atoms with Gasteiger partial charge in [0.2, 0.25) is 0 Å². The number of nitrogens with zero attached hydrogens (tertiary/aromatic N) is 1. The molecule has 0 spiro atoms. The highest BCUT2D eigenvalue weighted by molar-refractivity contribution is 7.92. The number of sulfonamides is 1. The van der Waals surface area contributed by atoms with Crippen molar-refractivity contribution in [3.05, 3.63) is 78.6 Å². The molecule has 2 aromatic carbocycles. The summed E-state index contributed by atoms with van der Waals surface area (Å²) in [6.45, 7) is 3.68. The molecule has 7 nitrogen and oxygen atoms in total. The van der Waals surface area contributed by atoms with Gasteiger partial charge in [-0.2, -0.15) is 0 Å². The van der Waals surface area contributed by atoms with E-state index in [1.807, 2.05) is 31.2 Å².